The monoisotopic (exact) mass is 255 g/mol. The molecule has 6 heteroatoms. The minimum atomic E-state index is -2.89. The van der Waals surface area contributed by atoms with Crippen molar-refractivity contribution in [2.24, 2.45) is 0 Å². The zero-order valence-electron chi connectivity index (χ0n) is 10.1. The molecule has 0 amide bonds. The van der Waals surface area contributed by atoms with E-state index in [9.17, 15) is 8.42 Å². The van der Waals surface area contributed by atoms with Gasteiger partial charge in [-0.15, -0.1) is 0 Å². The van der Waals surface area contributed by atoms with E-state index in [0.717, 1.165) is 24.2 Å². The summed E-state index contributed by atoms with van der Waals surface area (Å²) in [6.45, 7) is 4.22. The largest absolute Gasteiger partial charge is 0.367 e. The van der Waals surface area contributed by atoms with Crippen LogP contribution in [0.4, 0.5) is 5.82 Å². The van der Waals surface area contributed by atoms with E-state index < -0.39 is 9.84 Å². The molecule has 0 aliphatic carbocycles. The van der Waals surface area contributed by atoms with E-state index in [4.69, 9.17) is 0 Å². The van der Waals surface area contributed by atoms with E-state index in [1.165, 1.54) is 0 Å². The molecular formula is C11H17N3O2S. The Morgan fingerprint density at radius 3 is 2.76 bits per heavy atom. The lowest BCUT2D eigenvalue weighted by Gasteiger charge is -2.11. The van der Waals surface area contributed by atoms with Crippen LogP contribution in [0.2, 0.25) is 0 Å². The Hall–Kier alpha value is -1.17. The first kappa shape index (κ1) is 12.3. The fraction of sp³-hybridized carbons (Fsp3) is 0.636. The van der Waals surface area contributed by atoms with Gasteiger partial charge in [0.15, 0.2) is 9.84 Å². The topological polar surface area (TPSA) is 72.0 Å². The smallest absolute Gasteiger partial charge is 0.154 e. The molecule has 1 saturated heterocycles. The van der Waals surface area contributed by atoms with Crippen LogP contribution in [0.5, 0.6) is 0 Å². The molecule has 0 spiro atoms. The molecule has 0 aromatic carbocycles. The predicted octanol–water partition coefficient (Wildman–Crippen LogP) is 1.08. The lowest BCUT2D eigenvalue weighted by atomic mass is 10.2. The van der Waals surface area contributed by atoms with Crippen molar-refractivity contribution in [1.29, 1.82) is 0 Å². The van der Waals surface area contributed by atoms with Crippen molar-refractivity contribution in [3.63, 3.8) is 0 Å². The molecule has 17 heavy (non-hydrogen) atoms. The van der Waals surface area contributed by atoms with Gasteiger partial charge in [-0.2, -0.15) is 0 Å². The fourth-order valence-electron chi connectivity index (χ4n) is 1.93. The van der Waals surface area contributed by atoms with Gasteiger partial charge < -0.3 is 5.32 Å². The maximum Gasteiger partial charge on any atom is 0.154 e. The Bertz CT molecular complexity index is 513. The number of aromatic nitrogens is 2. The second kappa shape index (κ2) is 4.60. The van der Waals surface area contributed by atoms with Crippen LogP contribution in [0, 0.1) is 13.8 Å². The lowest BCUT2D eigenvalue weighted by molar-refractivity contribution is 0.591. The Morgan fingerprint density at radius 1 is 1.41 bits per heavy atom. The number of anilines is 1. The molecule has 1 aliphatic heterocycles. The number of aryl methyl sites for hydroxylation is 2. The van der Waals surface area contributed by atoms with Crippen molar-refractivity contribution in [3.05, 3.63) is 17.6 Å². The van der Waals surface area contributed by atoms with Crippen LogP contribution < -0.4 is 5.32 Å². The quantitative estimate of drug-likeness (QED) is 0.875. The van der Waals surface area contributed by atoms with Crippen molar-refractivity contribution >= 4 is 15.7 Å². The molecule has 2 rings (SSSR count). The summed E-state index contributed by atoms with van der Waals surface area (Å²) in [4.78, 5) is 8.50. The molecule has 0 saturated carbocycles. The van der Waals surface area contributed by atoms with Gasteiger partial charge in [0.25, 0.3) is 0 Å². The van der Waals surface area contributed by atoms with Crippen LogP contribution in [0.1, 0.15) is 24.2 Å². The van der Waals surface area contributed by atoms with Crippen LogP contribution in [-0.2, 0) is 9.84 Å². The van der Waals surface area contributed by atoms with Crippen molar-refractivity contribution in [3.8, 4) is 0 Å². The summed E-state index contributed by atoms with van der Waals surface area (Å²) in [6.07, 6.45) is 3.16. The first-order valence-electron chi connectivity index (χ1n) is 5.75. The summed E-state index contributed by atoms with van der Waals surface area (Å²) in [5.41, 5.74) is 1.76. The highest BCUT2D eigenvalue weighted by molar-refractivity contribution is 7.92. The van der Waals surface area contributed by atoms with E-state index in [1.807, 2.05) is 13.8 Å². The Morgan fingerprint density at radius 2 is 2.18 bits per heavy atom. The molecular weight excluding hydrogens is 238 g/mol. The summed E-state index contributed by atoms with van der Waals surface area (Å²) in [6, 6.07) is 0. The highest BCUT2D eigenvalue weighted by Crippen LogP contribution is 2.20. The highest BCUT2D eigenvalue weighted by Gasteiger charge is 2.30. The molecule has 2 heterocycles. The van der Waals surface area contributed by atoms with E-state index in [2.05, 4.69) is 15.3 Å². The third-order valence-electron chi connectivity index (χ3n) is 3.17. The molecule has 1 aromatic rings. The number of nitrogens with one attached hydrogen (secondary N) is 1. The Kier molecular flexibility index (Phi) is 3.33. The Balaban J connectivity index is 2.00. The standard InChI is InChI=1S/C11H17N3O2S/c1-8-9(2)14-11(7-12-8)13-6-10-4-3-5-17(10,15)16/h7,10H,3-6H2,1-2H3,(H,13,14). The Labute approximate surface area is 102 Å². The van der Waals surface area contributed by atoms with Gasteiger partial charge in [-0.05, 0) is 26.7 Å². The molecule has 1 aromatic heterocycles. The summed E-state index contributed by atoms with van der Waals surface area (Å²) >= 11 is 0. The molecule has 1 N–H and O–H groups in total. The van der Waals surface area contributed by atoms with Crippen LogP contribution >= 0.6 is 0 Å². The molecule has 1 atom stereocenters. The van der Waals surface area contributed by atoms with Gasteiger partial charge in [-0.25, -0.2) is 13.4 Å². The van der Waals surface area contributed by atoms with Crippen molar-refractivity contribution < 1.29 is 8.42 Å². The minimum absolute atomic E-state index is 0.272. The molecule has 0 radical (unpaired) electrons. The summed E-state index contributed by atoms with van der Waals surface area (Å²) in [7, 11) is -2.89. The number of hydrogen-bond acceptors (Lipinski definition) is 5. The first-order chi connectivity index (χ1) is 7.99. The first-order valence-corrected chi connectivity index (χ1v) is 7.46. The molecule has 0 bridgehead atoms. The zero-order chi connectivity index (χ0) is 12.5. The molecule has 1 aliphatic rings. The average Bonchev–Trinajstić information content (AvgIpc) is 2.60. The maximum atomic E-state index is 11.6. The average molecular weight is 255 g/mol. The van der Waals surface area contributed by atoms with E-state index in [0.29, 0.717) is 18.1 Å². The lowest BCUT2D eigenvalue weighted by Crippen LogP contribution is -2.25. The van der Waals surface area contributed by atoms with Gasteiger partial charge in [0.2, 0.25) is 0 Å². The second-order valence-electron chi connectivity index (χ2n) is 4.44. The van der Waals surface area contributed by atoms with E-state index >= 15 is 0 Å². The number of sulfone groups is 1. The third kappa shape index (κ3) is 2.74. The van der Waals surface area contributed by atoms with E-state index in [1.54, 1.807) is 6.20 Å². The van der Waals surface area contributed by atoms with Crippen LogP contribution in [0.15, 0.2) is 6.20 Å². The van der Waals surface area contributed by atoms with Crippen molar-refractivity contribution in [2.75, 3.05) is 17.6 Å². The van der Waals surface area contributed by atoms with Gasteiger partial charge >= 0.3 is 0 Å². The maximum absolute atomic E-state index is 11.6. The SMILES string of the molecule is Cc1ncc(NCC2CCCS2(=O)=O)nc1C. The summed E-state index contributed by atoms with van der Waals surface area (Å²) < 4.78 is 23.3. The number of nitrogens with zero attached hydrogens (tertiary/aromatic N) is 2. The molecule has 1 unspecified atom stereocenters. The minimum Gasteiger partial charge on any atom is -0.367 e. The molecule has 94 valence electrons. The zero-order valence-corrected chi connectivity index (χ0v) is 10.9. The predicted molar refractivity (Wildman–Crippen MR) is 66.8 cm³/mol. The highest BCUT2D eigenvalue weighted by atomic mass is 32.2. The summed E-state index contributed by atoms with van der Waals surface area (Å²) in [5, 5.41) is 2.79. The van der Waals surface area contributed by atoms with Gasteiger partial charge in [0.05, 0.1) is 28.6 Å². The summed E-state index contributed by atoms with van der Waals surface area (Å²) in [5.74, 6) is 0.966. The van der Waals surface area contributed by atoms with Gasteiger partial charge in [0.1, 0.15) is 5.82 Å². The second-order valence-corrected chi connectivity index (χ2v) is 6.84. The van der Waals surface area contributed by atoms with Crippen LogP contribution in [0.3, 0.4) is 0 Å². The van der Waals surface area contributed by atoms with Crippen molar-refractivity contribution in [1.82, 2.24) is 9.97 Å². The number of hydrogen-bond donors (Lipinski definition) is 1. The molecule has 5 nitrogen and oxygen atoms in total. The molecule has 1 fully saturated rings. The van der Waals surface area contributed by atoms with Gasteiger partial charge in [-0.1, -0.05) is 0 Å². The van der Waals surface area contributed by atoms with Crippen LogP contribution in [0.25, 0.3) is 0 Å². The third-order valence-corrected chi connectivity index (χ3v) is 5.44. The van der Waals surface area contributed by atoms with Crippen LogP contribution in [-0.4, -0.2) is 35.9 Å². The normalized spacial score (nSPS) is 22.6. The number of rotatable bonds is 3. The van der Waals surface area contributed by atoms with Gasteiger partial charge in [0, 0.05) is 6.54 Å². The van der Waals surface area contributed by atoms with Gasteiger partial charge in [-0.3, -0.25) is 4.98 Å². The fourth-order valence-corrected chi connectivity index (χ4v) is 3.70. The van der Waals surface area contributed by atoms with Crippen molar-refractivity contribution in [2.45, 2.75) is 31.9 Å². The van der Waals surface area contributed by atoms with E-state index in [-0.39, 0.29) is 5.25 Å².